The van der Waals surface area contributed by atoms with E-state index in [0.29, 0.717) is 49.4 Å². The van der Waals surface area contributed by atoms with Crippen LogP contribution in [0.25, 0.3) is 11.3 Å². The normalized spacial score (nSPS) is 19.4. The van der Waals surface area contributed by atoms with Crippen LogP contribution < -0.4 is 14.8 Å². The van der Waals surface area contributed by atoms with E-state index < -0.39 is 6.10 Å². The minimum Gasteiger partial charge on any atom is -0.454 e. The van der Waals surface area contributed by atoms with E-state index in [0.717, 1.165) is 16.9 Å². The molecular formula is C26H27FN4O4. The molecule has 2 unspecified atom stereocenters. The first-order valence-corrected chi connectivity index (χ1v) is 12.0. The van der Waals surface area contributed by atoms with Gasteiger partial charge in [0.2, 0.25) is 12.7 Å². The fraction of sp³-hybridized carbons (Fsp3) is 0.385. The zero-order valence-corrected chi connectivity index (χ0v) is 19.2. The van der Waals surface area contributed by atoms with Crippen molar-refractivity contribution in [2.24, 2.45) is 5.92 Å². The SMILES string of the molecule is O=C(CNc1ccc2c(c1)OCO2)N1CCC(C(O)CC2c3c(F)cccc3-c3cncn32)CC1. The van der Waals surface area contributed by atoms with Crippen LogP contribution in [0.4, 0.5) is 10.1 Å². The van der Waals surface area contributed by atoms with Crippen LogP contribution in [-0.4, -0.2) is 58.0 Å². The second-order valence-corrected chi connectivity index (χ2v) is 9.35. The number of aliphatic hydroxyl groups is 1. The molecule has 6 rings (SSSR count). The van der Waals surface area contributed by atoms with E-state index in [1.54, 1.807) is 18.6 Å². The first-order chi connectivity index (χ1) is 17.1. The highest BCUT2D eigenvalue weighted by Crippen LogP contribution is 2.43. The maximum absolute atomic E-state index is 14.7. The standard InChI is InChI=1S/C26H27FN4O4/c27-19-3-1-2-18-21-12-28-14-31(21)20(26(18)19)11-22(32)16-6-8-30(9-7-16)25(33)13-29-17-4-5-23-24(10-17)35-15-34-23/h1-5,10,12,14,16,20,22,29,32H,6-9,11,13,15H2. The Labute approximate surface area is 202 Å². The molecule has 4 heterocycles. The summed E-state index contributed by atoms with van der Waals surface area (Å²) in [7, 11) is 0. The Kier molecular flexibility index (Phi) is 5.56. The number of carbonyl (C=O) groups excluding carboxylic acids is 1. The molecule has 35 heavy (non-hydrogen) atoms. The number of hydrogen-bond donors (Lipinski definition) is 2. The van der Waals surface area contributed by atoms with E-state index in [1.165, 1.54) is 6.07 Å². The number of nitrogens with one attached hydrogen (secondary N) is 1. The molecule has 1 fully saturated rings. The van der Waals surface area contributed by atoms with E-state index in [2.05, 4.69) is 10.3 Å². The Balaban J connectivity index is 1.04. The van der Waals surface area contributed by atoms with Crippen molar-refractivity contribution >= 4 is 11.6 Å². The molecule has 0 bridgehead atoms. The number of amides is 1. The molecule has 0 radical (unpaired) electrons. The van der Waals surface area contributed by atoms with Gasteiger partial charge in [-0.2, -0.15) is 0 Å². The molecule has 0 aliphatic carbocycles. The van der Waals surface area contributed by atoms with Gasteiger partial charge in [0.15, 0.2) is 11.5 Å². The lowest BCUT2D eigenvalue weighted by molar-refractivity contribution is -0.131. The van der Waals surface area contributed by atoms with E-state index in [9.17, 15) is 14.3 Å². The molecule has 1 amide bonds. The van der Waals surface area contributed by atoms with Gasteiger partial charge in [0.25, 0.3) is 0 Å². The monoisotopic (exact) mass is 478 g/mol. The van der Waals surface area contributed by atoms with Crippen LogP contribution in [0.1, 0.15) is 30.9 Å². The van der Waals surface area contributed by atoms with Crippen molar-refractivity contribution < 1.29 is 23.8 Å². The number of halogens is 1. The highest BCUT2D eigenvalue weighted by molar-refractivity contribution is 5.81. The number of nitrogens with zero attached hydrogens (tertiary/aromatic N) is 3. The lowest BCUT2D eigenvalue weighted by atomic mass is 9.86. The van der Waals surface area contributed by atoms with Gasteiger partial charge in [0.1, 0.15) is 5.82 Å². The Bertz CT molecular complexity index is 1250. The molecule has 8 nitrogen and oxygen atoms in total. The molecule has 2 N–H and O–H groups in total. The third-order valence-electron chi connectivity index (χ3n) is 7.38. The number of aromatic nitrogens is 2. The highest BCUT2D eigenvalue weighted by atomic mass is 19.1. The molecule has 182 valence electrons. The van der Waals surface area contributed by atoms with Crippen LogP contribution in [0.3, 0.4) is 0 Å². The molecule has 1 saturated heterocycles. The predicted octanol–water partition coefficient (Wildman–Crippen LogP) is 3.42. The van der Waals surface area contributed by atoms with Gasteiger partial charge in [0, 0.05) is 36.0 Å². The number of likely N-dealkylation sites (tertiary alicyclic amines) is 1. The third kappa shape index (κ3) is 3.99. The Hall–Kier alpha value is -3.59. The van der Waals surface area contributed by atoms with Gasteiger partial charge in [-0.15, -0.1) is 0 Å². The summed E-state index contributed by atoms with van der Waals surface area (Å²) in [5.74, 6) is 1.20. The number of fused-ring (bicyclic) bond motifs is 4. The number of carbonyl (C=O) groups is 1. The molecule has 3 aliphatic rings. The van der Waals surface area contributed by atoms with Gasteiger partial charge in [-0.1, -0.05) is 12.1 Å². The summed E-state index contributed by atoms with van der Waals surface area (Å²) in [5.41, 5.74) is 3.16. The number of ether oxygens (including phenoxy) is 2. The van der Waals surface area contributed by atoms with Gasteiger partial charge in [-0.25, -0.2) is 9.37 Å². The number of anilines is 1. The van der Waals surface area contributed by atoms with E-state index >= 15 is 0 Å². The minimum atomic E-state index is -0.593. The fourth-order valence-electron chi connectivity index (χ4n) is 5.48. The van der Waals surface area contributed by atoms with Crippen molar-refractivity contribution in [3.8, 4) is 22.8 Å². The number of hydrogen-bond acceptors (Lipinski definition) is 6. The van der Waals surface area contributed by atoms with Gasteiger partial charge in [-0.3, -0.25) is 4.79 Å². The van der Waals surface area contributed by atoms with Crippen LogP contribution >= 0.6 is 0 Å². The Morgan fingerprint density at radius 3 is 2.89 bits per heavy atom. The molecule has 2 aromatic carbocycles. The molecule has 9 heteroatoms. The molecule has 0 spiro atoms. The highest BCUT2D eigenvalue weighted by Gasteiger charge is 2.35. The molecule has 3 aliphatic heterocycles. The average Bonchev–Trinajstić information content (AvgIpc) is 3.60. The van der Waals surface area contributed by atoms with Gasteiger partial charge >= 0.3 is 0 Å². The molecule has 1 aromatic heterocycles. The first-order valence-electron chi connectivity index (χ1n) is 12.0. The minimum absolute atomic E-state index is 0.0189. The van der Waals surface area contributed by atoms with Crippen LogP contribution in [0, 0.1) is 11.7 Å². The number of imidazole rings is 1. The van der Waals surface area contributed by atoms with Gasteiger partial charge in [-0.05, 0) is 43.4 Å². The summed E-state index contributed by atoms with van der Waals surface area (Å²) in [5, 5.41) is 14.2. The number of aliphatic hydroxyl groups excluding tert-OH is 1. The van der Waals surface area contributed by atoms with E-state index in [4.69, 9.17) is 9.47 Å². The lowest BCUT2D eigenvalue weighted by Crippen LogP contribution is -2.43. The maximum atomic E-state index is 14.7. The second-order valence-electron chi connectivity index (χ2n) is 9.35. The number of benzene rings is 2. The van der Waals surface area contributed by atoms with Crippen molar-refractivity contribution in [3.63, 3.8) is 0 Å². The van der Waals surface area contributed by atoms with Gasteiger partial charge < -0.3 is 29.4 Å². The largest absolute Gasteiger partial charge is 0.454 e. The van der Waals surface area contributed by atoms with Crippen molar-refractivity contribution in [1.82, 2.24) is 14.5 Å². The summed E-state index contributed by atoms with van der Waals surface area (Å²) in [6.45, 7) is 1.59. The Morgan fingerprint density at radius 2 is 2.03 bits per heavy atom. The zero-order chi connectivity index (χ0) is 23.9. The number of piperidine rings is 1. The van der Waals surface area contributed by atoms with Crippen molar-refractivity contribution in [2.45, 2.75) is 31.4 Å². The molecule has 0 saturated carbocycles. The van der Waals surface area contributed by atoms with Crippen molar-refractivity contribution in [3.05, 3.63) is 60.3 Å². The van der Waals surface area contributed by atoms with Crippen LogP contribution in [0.5, 0.6) is 11.5 Å². The quantitative estimate of drug-likeness (QED) is 0.565. The number of rotatable bonds is 6. The average molecular weight is 479 g/mol. The predicted molar refractivity (Wildman–Crippen MR) is 127 cm³/mol. The summed E-state index contributed by atoms with van der Waals surface area (Å²) in [6, 6.07) is 10.3. The first kappa shape index (κ1) is 21.9. The third-order valence-corrected chi connectivity index (χ3v) is 7.38. The summed E-state index contributed by atoms with van der Waals surface area (Å²) >= 11 is 0. The summed E-state index contributed by atoms with van der Waals surface area (Å²) in [6.07, 6.45) is 4.70. The van der Waals surface area contributed by atoms with E-state index in [1.807, 2.05) is 33.7 Å². The molecule has 3 aromatic rings. The maximum Gasteiger partial charge on any atom is 0.241 e. The summed E-state index contributed by atoms with van der Waals surface area (Å²) in [4.78, 5) is 18.8. The van der Waals surface area contributed by atoms with Crippen LogP contribution in [0.2, 0.25) is 0 Å². The smallest absolute Gasteiger partial charge is 0.241 e. The lowest BCUT2D eigenvalue weighted by Gasteiger charge is -2.35. The van der Waals surface area contributed by atoms with Crippen LogP contribution in [-0.2, 0) is 4.79 Å². The summed E-state index contributed by atoms with van der Waals surface area (Å²) < 4.78 is 27.3. The van der Waals surface area contributed by atoms with Crippen molar-refractivity contribution in [2.75, 3.05) is 31.7 Å². The van der Waals surface area contributed by atoms with Gasteiger partial charge in [0.05, 0.1) is 36.9 Å². The van der Waals surface area contributed by atoms with Crippen molar-refractivity contribution in [1.29, 1.82) is 0 Å². The Morgan fingerprint density at radius 1 is 1.20 bits per heavy atom. The van der Waals surface area contributed by atoms with Crippen LogP contribution in [0.15, 0.2) is 48.9 Å². The zero-order valence-electron chi connectivity index (χ0n) is 19.2. The topological polar surface area (TPSA) is 88.8 Å². The van der Waals surface area contributed by atoms with E-state index in [-0.39, 0.29) is 37.0 Å². The second kappa shape index (κ2) is 8.88. The fourth-order valence-corrected chi connectivity index (χ4v) is 5.48. The molecular weight excluding hydrogens is 451 g/mol. The molecule has 2 atom stereocenters.